The number of pyridine rings is 2. The SMILES string of the molecule is c1ccc(-c2nc(-c3ccccc3)nc(-c3ccc(-c4nc(-c5ncc6ccccc6n5)cc5c4oc4ncccc45)cc3)n2)cc1. The number of hydrogen-bond donors (Lipinski definition) is 0. The Bertz CT molecular complexity index is 2510. The summed E-state index contributed by atoms with van der Waals surface area (Å²) in [5, 5.41) is 2.76. The number of fused-ring (bicyclic) bond motifs is 4. The van der Waals surface area contributed by atoms with Crippen molar-refractivity contribution in [2.45, 2.75) is 0 Å². The van der Waals surface area contributed by atoms with Crippen LogP contribution in [0.4, 0.5) is 0 Å². The van der Waals surface area contributed by atoms with Crippen LogP contribution < -0.4 is 0 Å². The third-order valence-corrected chi connectivity index (χ3v) is 8.07. The highest BCUT2D eigenvalue weighted by molar-refractivity contribution is 6.08. The molecule has 0 atom stereocenters. The summed E-state index contributed by atoms with van der Waals surface area (Å²) < 4.78 is 6.30. The number of para-hydroxylation sites is 1. The van der Waals surface area contributed by atoms with Gasteiger partial charge in [0.05, 0.1) is 5.52 Å². The first kappa shape index (κ1) is 26.7. The quantitative estimate of drug-likeness (QED) is 0.192. The Morgan fingerprint density at radius 1 is 0.447 bits per heavy atom. The van der Waals surface area contributed by atoms with Gasteiger partial charge in [0.25, 0.3) is 0 Å². The number of furan rings is 1. The zero-order valence-corrected chi connectivity index (χ0v) is 24.8. The molecule has 0 aliphatic heterocycles. The van der Waals surface area contributed by atoms with E-state index in [1.165, 1.54) is 0 Å². The lowest BCUT2D eigenvalue weighted by Gasteiger charge is -2.10. The van der Waals surface area contributed by atoms with Crippen LogP contribution in [-0.4, -0.2) is 34.9 Å². The van der Waals surface area contributed by atoms with E-state index in [1.54, 1.807) is 6.20 Å². The van der Waals surface area contributed by atoms with E-state index in [-0.39, 0.29) is 0 Å². The molecule has 0 radical (unpaired) electrons. The van der Waals surface area contributed by atoms with Crippen molar-refractivity contribution in [3.8, 4) is 56.9 Å². The predicted molar refractivity (Wildman–Crippen MR) is 183 cm³/mol. The largest absolute Gasteiger partial charge is 0.435 e. The summed E-state index contributed by atoms with van der Waals surface area (Å²) >= 11 is 0. The topological polar surface area (TPSA) is 103 Å². The maximum atomic E-state index is 6.30. The Hall–Kier alpha value is -6.67. The van der Waals surface area contributed by atoms with Crippen LogP contribution in [-0.2, 0) is 0 Å². The Morgan fingerprint density at radius 3 is 1.77 bits per heavy atom. The standard InChI is InChI=1S/C39H23N7O/c1-3-10-25(11-4-1)35-44-36(26-12-5-2-6-13-26)46-37(45-35)27-19-17-24(18-20-27)33-34-30(29-15-9-21-40-39(29)47-34)22-32(42-33)38-41-23-28-14-7-8-16-31(28)43-38/h1-23H. The van der Waals surface area contributed by atoms with E-state index in [0.29, 0.717) is 46.0 Å². The highest BCUT2D eigenvalue weighted by Gasteiger charge is 2.19. The van der Waals surface area contributed by atoms with Crippen molar-refractivity contribution in [1.29, 1.82) is 0 Å². The lowest BCUT2D eigenvalue weighted by Crippen LogP contribution is -2.00. The van der Waals surface area contributed by atoms with Crippen molar-refractivity contribution in [3.63, 3.8) is 0 Å². The molecule has 0 unspecified atom stereocenters. The van der Waals surface area contributed by atoms with E-state index in [4.69, 9.17) is 29.3 Å². The van der Waals surface area contributed by atoms with Gasteiger partial charge in [-0.1, -0.05) is 103 Å². The van der Waals surface area contributed by atoms with E-state index in [1.807, 2.05) is 134 Å². The Balaban J connectivity index is 1.19. The average Bonchev–Trinajstić information content (AvgIpc) is 3.53. The van der Waals surface area contributed by atoms with Gasteiger partial charge in [-0.3, -0.25) is 0 Å². The molecule has 0 aliphatic rings. The van der Waals surface area contributed by atoms with Crippen LogP contribution in [0.5, 0.6) is 0 Å². The molecule has 0 N–H and O–H groups in total. The molecule has 8 nitrogen and oxygen atoms in total. The molecule has 0 spiro atoms. The monoisotopic (exact) mass is 605 g/mol. The van der Waals surface area contributed by atoms with Gasteiger partial charge in [-0.2, -0.15) is 0 Å². The fourth-order valence-corrected chi connectivity index (χ4v) is 5.73. The highest BCUT2D eigenvalue weighted by atomic mass is 16.3. The second-order valence-corrected chi connectivity index (χ2v) is 11.1. The molecule has 9 rings (SSSR count). The summed E-state index contributed by atoms with van der Waals surface area (Å²) in [5.41, 5.74) is 6.91. The molecule has 220 valence electrons. The lowest BCUT2D eigenvalue weighted by molar-refractivity contribution is 0.653. The van der Waals surface area contributed by atoms with Crippen molar-refractivity contribution in [2.24, 2.45) is 0 Å². The van der Waals surface area contributed by atoms with Gasteiger partial charge in [-0.05, 0) is 24.3 Å². The second-order valence-electron chi connectivity index (χ2n) is 11.1. The summed E-state index contributed by atoms with van der Waals surface area (Å²) in [6.45, 7) is 0. The number of hydrogen-bond acceptors (Lipinski definition) is 8. The van der Waals surface area contributed by atoms with Gasteiger partial charge >= 0.3 is 0 Å². The van der Waals surface area contributed by atoms with Crippen molar-refractivity contribution in [3.05, 3.63) is 140 Å². The molecule has 5 heterocycles. The van der Waals surface area contributed by atoms with E-state index in [0.717, 1.165) is 43.9 Å². The number of aromatic nitrogens is 7. The second kappa shape index (κ2) is 11.0. The molecule has 0 saturated carbocycles. The fraction of sp³-hybridized carbons (Fsp3) is 0. The van der Waals surface area contributed by atoms with Crippen LogP contribution in [0.25, 0.3) is 89.9 Å². The van der Waals surface area contributed by atoms with Crippen molar-refractivity contribution < 1.29 is 4.42 Å². The molecule has 0 fully saturated rings. The van der Waals surface area contributed by atoms with Gasteiger partial charge in [-0.25, -0.2) is 34.9 Å². The zero-order valence-electron chi connectivity index (χ0n) is 24.8. The average molecular weight is 606 g/mol. The van der Waals surface area contributed by atoms with E-state index in [9.17, 15) is 0 Å². The maximum Gasteiger partial charge on any atom is 0.227 e. The smallest absolute Gasteiger partial charge is 0.227 e. The molecule has 0 saturated heterocycles. The molecule has 8 heteroatoms. The van der Waals surface area contributed by atoms with Crippen LogP contribution in [0, 0.1) is 0 Å². The van der Waals surface area contributed by atoms with Crippen molar-refractivity contribution >= 4 is 33.0 Å². The van der Waals surface area contributed by atoms with Gasteiger partial charge in [0.2, 0.25) is 5.71 Å². The minimum atomic E-state index is 0.536. The first-order valence-corrected chi connectivity index (χ1v) is 15.1. The normalized spacial score (nSPS) is 11.4. The predicted octanol–water partition coefficient (Wildman–Crippen LogP) is 8.84. The molecular weight excluding hydrogens is 582 g/mol. The van der Waals surface area contributed by atoms with Gasteiger partial charge in [0, 0.05) is 50.8 Å². The first-order valence-electron chi connectivity index (χ1n) is 15.1. The van der Waals surface area contributed by atoms with Crippen LogP contribution in [0.15, 0.2) is 144 Å². The number of rotatable bonds is 5. The maximum absolute atomic E-state index is 6.30. The molecule has 0 amide bonds. The van der Waals surface area contributed by atoms with Crippen LogP contribution in [0.1, 0.15) is 0 Å². The molecule has 4 aromatic carbocycles. The lowest BCUT2D eigenvalue weighted by atomic mass is 10.0. The van der Waals surface area contributed by atoms with E-state index < -0.39 is 0 Å². The number of benzene rings is 4. The molecular formula is C39H23N7O. The van der Waals surface area contributed by atoms with E-state index >= 15 is 0 Å². The van der Waals surface area contributed by atoms with Crippen LogP contribution in [0.3, 0.4) is 0 Å². The highest BCUT2D eigenvalue weighted by Crippen LogP contribution is 2.37. The molecule has 5 aromatic heterocycles. The van der Waals surface area contributed by atoms with Crippen molar-refractivity contribution in [2.75, 3.05) is 0 Å². The zero-order chi connectivity index (χ0) is 31.2. The molecule has 0 bridgehead atoms. The van der Waals surface area contributed by atoms with Crippen molar-refractivity contribution in [1.82, 2.24) is 34.9 Å². The van der Waals surface area contributed by atoms with E-state index in [2.05, 4.69) is 9.97 Å². The minimum absolute atomic E-state index is 0.536. The minimum Gasteiger partial charge on any atom is -0.435 e. The summed E-state index contributed by atoms with van der Waals surface area (Å²) in [6.07, 6.45) is 3.55. The summed E-state index contributed by atoms with van der Waals surface area (Å²) in [7, 11) is 0. The van der Waals surface area contributed by atoms with Crippen LogP contribution >= 0.6 is 0 Å². The first-order chi connectivity index (χ1) is 23.3. The van der Waals surface area contributed by atoms with Gasteiger partial charge < -0.3 is 4.42 Å². The summed E-state index contributed by atoms with van der Waals surface area (Å²) in [5.74, 6) is 2.34. The Morgan fingerprint density at radius 2 is 1.06 bits per heavy atom. The molecule has 47 heavy (non-hydrogen) atoms. The summed E-state index contributed by atoms with van der Waals surface area (Å²) in [6, 6.07) is 41.7. The summed E-state index contributed by atoms with van der Waals surface area (Å²) in [4.78, 5) is 33.6. The third kappa shape index (κ3) is 4.85. The van der Waals surface area contributed by atoms with Gasteiger partial charge in [0.15, 0.2) is 28.9 Å². The molecule has 9 aromatic rings. The molecule has 0 aliphatic carbocycles. The Labute approximate surface area is 268 Å². The Kier molecular flexibility index (Phi) is 6.28. The number of nitrogens with zero attached hydrogens (tertiary/aromatic N) is 7. The van der Waals surface area contributed by atoms with Gasteiger partial charge in [-0.15, -0.1) is 0 Å². The third-order valence-electron chi connectivity index (χ3n) is 8.07. The fourth-order valence-electron chi connectivity index (χ4n) is 5.73. The van der Waals surface area contributed by atoms with Gasteiger partial charge in [0.1, 0.15) is 11.4 Å². The van der Waals surface area contributed by atoms with Crippen LogP contribution in [0.2, 0.25) is 0 Å².